The zero-order valence-electron chi connectivity index (χ0n) is 18.5. The van der Waals surface area contributed by atoms with Crippen molar-refractivity contribution in [3.63, 3.8) is 0 Å². The molecule has 4 rings (SSSR count). The first-order chi connectivity index (χ1) is 16.5. The molecule has 0 saturated carbocycles. The van der Waals surface area contributed by atoms with Gasteiger partial charge in [0.2, 0.25) is 0 Å². The van der Waals surface area contributed by atoms with Crippen molar-refractivity contribution >= 4 is 28.5 Å². The third kappa shape index (κ3) is 5.32. The first-order valence-corrected chi connectivity index (χ1v) is 11.1. The zero-order valence-corrected chi connectivity index (χ0v) is 19.2. The fourth-order valence-corrected chi connectivity index (χ4v) is 4.04. The summed E-state index contributed by atoms with van der Waals surface area (Å²) in [6.45, 7) is 0.340. The van der Waals surface area contributed by atoms with E-state index in [4.69, 9.17) is 21.1 Å². The maximum Gasteiger partial charge on any atom is 0.321 e. The quantitative estimate of drug-likeness (QED) is 0.284. The number of para-hydroxylation sites is 2. The number of benzene rings is 3. The van der Waals surface area contributed by atoms with Crippen LogP contribution in [0, 0.1) is 5.82 Å². The van der Waals surface area contributed by atoms with Crippen LogP contribution in [0.25, 0.3) is 10.9 Å². The van der Waals surface area contributed by atoms with Gasteiger partial charge in [-0.2, -0.15) is 0 Å². The molecule has 3 N–H and O–H groups in total. The molecule has 0 saturated heterocycles. The number of methoxy groups -OCH3 is 1. The average Bonchev–Trinajstić information content (AvgIpc) is 3.24. The second-order valence-electron chi connectivity index (χ2n) is 7.81. The number of nitrogens with one attached hydrogen (secondary N) is 2. The van der Waals surface area contributed by atoms with E-state index in [9.17, 15) is 14.3 Å². The Kier molecular flexibility index (Phi) is 7.35. The van der Waals surface area contributed by atoms with E-state index in [1.165, 1.54) is 19.2 Å². The molecule has 0 aliphatic heterocycles. The van der Waals surface area contributed by atoms with Crippen molar-refractivity contribution in [2.75, 3.05) is 7.11 Å². The molecule has 1 atom stereocenters. The molecule has 34 heavy (non-hydrogen) atoms. The Morgan fingerprint density at radius 1 is 1.12 bits per heavy atom. The summed E-state index contributed by atoms with van der Waals surface area (Å²) in [7, 11) is 1.53. The summed E-state index contributed by atoms with van der Waals surface area (Å²) in [5, 5.41) is 14.2. The largest absolute Gasteiger partial charge is 0.493 e. The number of fused-ring (bicyclic) bond motifs is 1. The van der Waals surface area contributed by atoms with Gasteiger partial charge in [0, 0.05) is 41.2 Å². The van der Waals surface area contributed by atoms with Crippen LogP contribution in [0.5, 0.6) is 11.5 Å². The van der Waals surface area contributed by atoms with E-state index < -0.39 is 17.8 Å². The van der Waals surface area contributed by atoms with Crippen LogP contribution in [0.4, 0.5) is 4.39 Å². The lowest BCUT2D eigenvalue weighted by atomic mass is 10.0. The highest BCUT2D eigenvalue weighted by Gasteiger charge is 2.21. The normalized spacial score (nSPS) is 12.0. The van der Waals surface area contributed by atoms with Crippen LogP contribution in [-0.2, 0) is 24.4 Å². The molecule has 0 aliphatic rings. The molecule has 6 nitrogen and oxygen atoms in total. The smallest absolute Gasteiger partial charge is 0.321 e. The van der Waals surface area contributed by atoms with Crippen LogP contribution >= 0.6 is 11.6 Å². The van der Waals surface area contributed by atoms with E-state index in [1.807, 2.05) is 42.6 Å². The van der Waals surface area contributed by atoms with Crippen LogP contribution in [0.1, 0.15) is 16.7 Å². The van der Waals surface area contributed by atoms with E-state index in [2.05, 4.69) is 10.3 Å². The first kappa shape index (κ1) is 23.6. The summed E-state index contributed by atoms with van der Waals surface area (Å²) in [6, 6.07) is 16.5. The van der Waals surface area contributed by atoms with Crippen molar-refractivity contribution < 1.29 is 23.8 Å². The lowest BCUT2D eigenvalue weighted by Crippen LogP contribution is -2.38. The molecule has 176 valence electrons. The molecular weight excluding hydrogens is 459 g/mol. The Morgan fingerprint density at radius 2 is 1.94 bits per heavy atom. The number of halogens is 2. The van der Waals surface area contributed by atoms with Gasteiger partial charge in [0.1, 0.15) is 18.5 Å². The van der Waals surface area contributed by atoms with E-state index in [1.54, 1.807) is 12.1 Å². The number of carboxylic acids is 1. The van der Waals surface area contributed by atoms with Gasteiger partial charge < -0.3 is 19.6 Å². The Labute approximate surface area is 201 Å². The van der Waals surface area contributed by atoms with Crippen molar-refractivity contribution in [1.82, 2.24) is 10.3 Å². The fraction of sp³-hybridized carbons (Fsp3) is 0.192. The van der Waals surface area contributed by atoms with Gasteiger partial charge in [0.15, 0.2) is 11.5 Å². The average molecular weight is 483 g/mol. The Balaban J connectivity index is 1.51. The lowest BCUT2D eigenvalue weighted by Gasteiger charge is -2.18. The van der Waals surface area contributed by atoms with E-state index in [0.29, 0.717) is 23.5 Å². The monoisotopic (exact) mass is 482 g/mol. The highest BCUT2D eigenvalue weighted by atomic mass is 35.5. The van der Waals surface area contributed by atoms with Gasteiger partial charge in [-0.05, 0) is 29.8 Å². The predicted octanol–water partition coefficient (Wildman–Crippen LogP) is 5.33. The number of rotatable bonds is 10. The predicted molar refractivity (Wildman–Crippen MR) is 129 cm³/mol. The number of hydrogen-bond acceptors (Lipinski definition) is 4. The SMILES string of the molecule is COc1cccc(CN[C@@H](Cc2c[nH]c3ccccc23)C(=O)O)c1OCc1ccc(F)cc1Cl. The van der Waals surface area contributed by atoms with Gasteiger partial charge >= 0.3 is 5.97 Å². The first-order valence-electron chi connectivity index (χ1n) is 10.7. The Morgan fingerprint density at radius 3 is 2.71 bits per heavy atom. The van der Waals surface area contributed by atoms with E-state index >= 15 is 0 Å². The highest BCUT2D eigenvalue weighted by molar-refractivity contribution is 6.31. The summed E-state index contributed by atoms with van der Waals surface area (Å²) in [6.07, 6.45) is 2.15. The van der Waals surface area contributed by atoms with Crippen molar-refractivity contribution in [2.45, 2.75) is 25.6 Å². The van der Waals surface area contributed by atoms with Crippen molar-refractivity contribution in [2.24, 2.45) is 0 Å². The molecule has 0 unspecified atom stereocenters. The van der Waals surface area contributed by atoms with E-state index in [-0.39, 0.29) is 18.2 Å². The lowest BCUT2D eigenvalue weighted by molar-refractivity contribution is -0.139. The molecule has 3 aromatic carbocycles. The molecule has 0 fully saturated rings. The van der Waals surface area contributed by atoms with Crippen LogP contribution in [0.15, 0.2) is 66.9 Å². The maximum absolute atomic E-state index is 13.4. The summed E-state index contributed by atoms with van der Waals surface area (Å²) in [4.78, 5) is 15.2. The van der Waals surface area contributed by atoms with Gasteiger partial charge in [-0.15, -0.1) is 0 Å². The van der Waals surface area contributed by atoms with Gasteiger partial charge in [0.05, 0.1) is 12.1 Å². The molecule has 4 aromatic rings. The number of ether oxygens (including phenoxy) is 2. The minimum atomic E-state index is -0.950. The van der Waals surface area contributed by atoms with Crippen LogP contribution in [0.2, 0.25) is 5.02 Å². The molecule has 0 aliphatic carbocycles. The molecule has 1 heterocycles. The van der Waals surface area contributed by atoms with Crippen LogP contribution < -0.4 is 14.8 Å². The molecule has 0 radical (unpaired) electrons. The number of carbonyl (C=O) groups is 1. The topological polar surface area (TPSA) is 83.6 Å². The molecule has 0 amide bonds. The van der Waals surface area contributed by atoms with Gasteiger partial charge in [0.25, 0.3) is 0 Å². The number of H-pyrrole nitrogens is 1. The Hall–Kier alpha value is -3.55. The van der Waals surface area contributed by atoms with Gasteiger partial charge in [-0.3, -0.25) is 10.1 Å². The minimum absolute atomic E-state index is 0.101. The molecule has 0 spiro atoms. The highest BCUT2D eigenvalue weighted by Crippen LogP contribution is 2.32. The zero-order chi connectivity index (χ0) is 24.1. The summed E-state index contributed by atoms with van der Waals surface area (Å²) >= 11 is 6.12. The summed E-state index contributed by atoms with van der Waals surface area (Å²) in [5.74, 6) is -0.408. The third-order valence-electron chi connectivity index (χ3n) is 5.60. The third-order valence-corrected chi connectivity index (χ3v) is 5.96. The maximum atomic E-state index is 13.4. The molecule has 0 bridgehead atoms. The van der Waals surface area contributed by atoms with Crippen molar-refractivity contribution in [3.05, 3.63) is 94.4 Å². The summed E-state index contributed by atoms with van der Waals surface area (Å²) < 4.78 is 24.8. The van der Waals surface area contributed by atoms with Gasteiger partial charge in [-0.1, -0.05) is 48.0 Å². The second kappa shape index (κ2) is 10.6. The molecule has 1 aromatic heterocycles. The number of aliphatic carboxylic acids is 1. The second-order valence-corrected chi connectivity index (χ2v) is 8.22. The number of hydrogen-bond donors (Lipinski definition) is 3. The standard InChI is InChI=1S/C26H24ClFN2O4/c1-33-24-8-4-5-16(25(24)34-15-17-9-10-19(28)12-21(17)27)13-30-23(26(31)32)11-18-14-29-22-7-3-2-6-20(18)22/h2-10,12,14,23,29-30H,11,13,15H2,1H3,(H,31,32)/t23-/m0/s1. The molecule has 8 heteroatoms. The van der Waals surface area contributed by atoms with Crippen LogP contribution in [0.3, 0.4) is 0 Å². The Bertz CT molecular complexity index is 1310. The van der Waals surface area contributed by atoms with E-state index in [0.717, 1.165) is 22.0 Å². The van der Waals surface area contributed by atoms with Crippen molar-refractivity contribution in [1.29, 1.82) is 0 Å². The van der Waals surface area contributed by atoms with Crippen molar-refractivity contribution in [3.8, 4) is 11.5 Å². The van der Waals surface area contributed by atoms with Gasteiger partial charge in [-0.25, -0.2) is 4.39 Å². The summed E-state index contributed by atoms with van der Waals surface area (Å²) in [5.41, 5.74) is 3.23. The fourth-order valence-electron chi connectivity index (χ4n) is 3.81. The number of aromatic nitrogens is 1. The number of aromatic amines is 1. The van der Waals surface area contributed by atoms with Crippen LogP contribution in [-0.4, -0.2) is 29.2 Å². The molecular formula is C26H24ClFN2O4. The number of carboxylic acid groups (broad SMARTS) is 1. The minimum Gasteiger partial charge on any atom is -0.493 e.